The summed E-state index contributed by atoms with van der Waals surface area (Å²) in [6.07, 6.45) is 0.705. The average Bonchev–Trinajstić information content (AvgIpc) is 2.52. The van der Waals surface area contributed by atoms with E-state index in [9.17, 15) is 9.59 Å². The Morgan fingerprint density at radius 2 is 1.91 bits per heavy atom. The van der Waals surface area contributed by atoms with E-state index in [2.05, 4.69) is 10.6 Å². The third-order valence-electron chi connectivity index (χ3n) is 3.27. The summed E-state index contributed by atoms with van der Waals surface area (Å²) < 4.78 is 5.17. The van der Waals surface area contributed by atoms with Gasteiger partial charge in [0.05, 0.1) is 12.7 Å². The topological polar surface area (TPSA) is 93.4 Å². The molecular formula is C16H26ClN3O3. The second-order valence-corrected chi connectivity index (χ2v) is 5.33. The summed E-state index contributed by atoms with van der Waals surface area (Å²) in [5.74, 6) is -0.0839. The van der Waals surface area contributed by atoms with Crippen LogP contribution in [0.3, 0.4) is 0 Å². The molecule has 0 saturated heterocycles. The fraction of sp³-hybridized carbons (Fsp3) is 0.500. The van der Waals surface area contributed by atoms with Crippen molar-refractivity contribution in [1.29, 1.82) is 0 Å². The normalized spacial score (nSPS) is 11.3. The third-order valence-corrected chi connectivity index (χ3v) is 3.27. The van der Waals surface area contributed by atoms with Gasteiger partial charge >= 0.3 is 0 Å². The van der Waals surface area contributed by atoms with Crippen LogP contribution in [0.5, 0.6) is 5.75 Å². The van der Waals surface area contributed by atoms with E-state index in [1.165, 1.54) is 7.11 Å². The number of carbonyl (C=O) groups excluding carboxylic acids is 2. The van der Waals surface area contributed by atoms with Gasteiger partial charge in [0.1, 0.15) is 11.8 Å². The van der Waals surface area contributed by atoms with Crippen molar-refractivity contribution in [1.82, 2.24) is 10.6 Å². The molecular weight excluding hydrogens is 318 g/mol. The van der Waals surface area contributed by atoms with Gasteiger partial charge in [-0.2, -0.15) is 0 Å². The molecule has 0 aliphatic rings. The predicted molar refractivity (Wildman–Crippen MR) is 93.0 cm³/mol. The van der Waals surface area contributed by atoms with Gasteiger partial charge in [0, 0.05) is 6.54 Å². The summed E-state index contributed by atoms with van der Waals surface area (Å²) in [6.45, 7) is 4.79. The van der Waals surface area contributed by atoms with Crippen molar-refractivity contribution in [2.45, 2.75) is 26.3 Å². The minimum Gasteiger partial charge on any atom is -0.496 e. The Labute approximate surface area is 143 Å². The SMILES string of the molecule is COc1ccccc1C(=O)NC(C(=O)NCCCN)C(C)C.Cl. The van der Waals surface area contributed by atoms with Crippen molar-refractivity contribution < 1.29 is 14.3 Å². The zero-order valence-electron chi connectivity index (χ0n) is 13.8. The lowest BCUT2D eigenvalue weighted by Gasteiger charge is -2.22. The maximum Gasteiger partial charge on any atom is 0.255 e. The molecule has 0 spiro atoms. The molecule has 7 heteroatoms. The highest BCUT2D eigenvalue weighted by Crippen LogP contribution is 2.17. The third kappa shape index (κ3) is 6.46. The summed E-state index contributed by atoms with van der Waals surface area (Å²) in [5, 5.41) is 5.56. The highest BCUT2D eigenvalue weighted by molar-refractivity contribution is 5.99. The second kappa shape index (κ2) is 10.9. The molecule has 4 N–H and O–H groups in total. The lowest BCUT2D eigenvalue weighted by atomic mass is 10.0. The average molecular weight is 344 g/mol. The first-order valence-electron chi connectivity index (χ1n) is 7.43. The molecule has 0 aromatic heterocycles. The van der Waals surface area contributed by atoms with E-state index in [0.29, 0.717) is 30.8 Å². The van der Waals surface area contributed by atoms with Crippen molar-refractivity contribution in [3.63, 3.8) is 0 Å². The number of rotatable bonds is 8. The number of nitrogens with one attached hydrogen (secondary N) is 2. The van der Waals surface area contributed by atoms with Gasteiger partial charge in [-0.25, -0.2) is 0 Å². The molecule has 0 bridgehead atoms. The number of hydrogen-bond donors (Lipinski definition) is 3. The highest BCUT2D eigenvalue weighted by atomic mass is 35.5. The Hall–Kier alpha value is -1.79. The van der Waals surface area contributed by atoms with Crippen LogP contribution in [0.15, 0.2) is 24.3 Å². The first-order chi connectivity index (χ1) is 10.5. The summed E-state index contributed by atoms with van der Waals surface area (Å²) in [4.78, 5) is 24.6. The van der Waals surface area contributed by atoms with Gasteiger partial charge in [-0.05, 0) is 31.0 Å². The molecule has 0 aliphatic heterocycles. The Kier molecular flexibility index (Phi) is 10.0. The van der Waals surface area contributed by atoms with E-state index >= 15 is 0 Å². The molecule has 0 saturated carbocycles. The second-order valence-electron chi connectivity index (χ2n) is 5.33. The zero-order chi connectivity index (χ0) is 16.5. The van der Waals surface area contributed by atoms with E-state index in [1.807, 2.05) is 13.8 Å². The molecule has 0 radical (unpaired) electrons. The van der Waals surface area contributed by atoms with Gasteiger partial charge in [-0.1, -0.05) is 26.0 Å². The van der Waals surface area contributed by atoms with Crippen LogP contribution in [0, 0.1) is 5.92 Å². The largest absolute Gasteiger partial charge is 0.496 e. The van der Waals surface area contributed by atoms with E-state index in [1.54, 1.807) is 24.3 Å². The lowest BCUT2D eigenvalue weighted by molar-refractivity contribution is -0.123. The molecule has 2 amide bonds. The number of amides is 2. The number of carbonyl (C=O) groups is 2. The van der Waals surface area contributed by atoms with Crippen molar-refractivity contribution >= 4 is 24.2 Å². The Bertz CT molecular complexity index is 509. The molecule has 6 nitrogen and oxygen atoms in total. The predicted octanol–water partition coefficient (Wildman–Crippen LogP) is 1.34. The number of hydrogen-bond acceptors (Lipinski definition) is 4. The van der Waals surface area contributed by atoms with Gasteiger partial charge in [0.25, 0.3) is 5.91 Å². The lowest BCUT2D eigenvalue weighted by Crippen LogP contribution is -2.50. The first kappa shape index (κ1) is 21.2. The van der Waals surface area contributed by atoms with Gasteiger partial charge in [-0.15, -0.1) is 12.4 Å². The molecule has 130 valence electrons. The first-order valence-corrected chi connectivity index (χ1v) is 7.43. The molecule has 1 aromatic rings. The number of para-hydroxylation sites is 1. The van der Waals surface area contributed by atoms with Crippen LogP contribution < -0.4 is 21.1 Å². The molecule has 1 rings (SSSR count). The summed E-state index contributed by atoms with van der Waals surface area (Å²) in [5.41, 5.74) is 5.81. The van der Waals surface area contributed by atoms with Crippen LogP contribution in [-0.2, 0) is 4.79 Å². The minimum absolute atomic E-state index is 0. The Morgan fingerprint density at radius 3 is 2.48 bits per heavy atom. The van der Waals surface area contributed by atoms with Crippen LogP contribution >= 0.6 is 12.4 Å². The minimum atomic E-state index is -0.602. The maximum atomic E-state index is 12.4. The Morgan fingerprint density at radius 1 is 1.26 bits per heavy atom. The number of nitrogens with two attached hydrogens (primary N) is 1. The highest BCUT2D eigenvalue weighted by Gasteiger charge is 2.25. The molecule has 23 heavy (non-hydrogen) atoms. The number of benzene rings is 1. The van der Waals surface area contributed by atoms with Gasteiger partial charge in [0.15, 0.2) is 0 Å². The van der Waals surface area contributed by atoms with Crippen LogP contribution in [0.2, 0.25) is 0 Å². The monoisotopic (exact) mass is 343 g/mol. The standard InChI is InChI=1S/C16H25N3O3.ClH/c1-11(2)14(16(21)18-10-6-9-17)19-15(20)12-7-4-5-8-13(12)22-3;/h4-5,7-8,11,14H,6,9-10,17H2,1-3H3,(H,18,21)(H,19,20);1H. The van der Waals surface area contributed by atoms with Crippen molar-refractivity contribution in [2.75, 3.05) is 20.2 Å². The Balaban J connectivity index is 0.00000484. The molecule has 0 fully saturated rings. The zero-order valence-corrected chi connectivity index (χ0v) is 14.6. The van der Waals surface area contributed by atoms with Gasteiger partial charge in [0.2, 0.25) is 5.91 Å². The molecule has 1 aromatic carbocycles. The number of methoxy groups -OCH3 is 1. The maximum absolute atomic E-state index is 12.4. The van der Waals surface area contributed by atoms with Gasteiger partial charge < -0.3 is 21.1 Å². The summed E-state index contributed by atoms with van der Waals surface area (Å²) in [7, 11) is 1.51. The fourth-order valence-electron chi connectivity index (χ4n) is 2.01. The van der Waals surface area contributed by atoms with E-state index in [4.69, 9.17) is 10.5 Å². The molecule has 1 atom stereocenters. The molecule has 0 aliphatic carbocycles. The van der Waals surface area contributed by atoms with E-state index in [-0.39, 0.29) is 30.1 Å². The smallest absolute Gasteiger partial charge is 0.255 e. The molecule has 0 heterocycles. The van der Waals surface area contributed by atoms with Crippen LogP contribution in [0.4, 0.5) is 0 Å². The van der Waals surface area contributed by atoms with Crippen LogP contribution in [0.1, 0.15) is 30.6 Å². The fourth-order valence-corrected chi connectivity index (χ4v) is 2.01. The number of ether oxygens (including phenoxy) is 1. The van der Waals surface area contributed by atoms with Crippen molar-refractivity contribution in [3.8, 4) is 5.75 Å². The molecule has 1 unspecified atom stereocenters. The number of halogens is 1. The van der Waals surface area contributed by atoms with Gasteiger partial charge in [-0.3, -0.25) is 9.59 Å². The van der Waals surface area contributed by atoms with Crippen LogP contribution in [0.25, 0.3) is 0 Å². The van der Waals surface area contributed by atoms with Crippen molar-refractivity contribution in [3.05, 3.63) is 29.8 Å². The van der Waals surface area contributed by atoms with E-state index in [0.717, 1.165) is 0 Å². The van der Waals surface area contributed by atoms with E-state index < -0.39 is 6.04 Å². The quantitative estimate of drug-likeness (QED) is 0.621. The summed E-state index contributed by atoms with van der Waals surface area (Å²) in [6, 6.07) is 6.31. The van der Waals surface area contributed by atoms with Crippen LogP contribution in [-0.4, -0.2) is 38.1 Å². The van der Waals surface area contributed by atoms with Crippen molar-refractivity contribution in [2.24, 2.45) is 11.7 Å². The summed E-state index contributed by atoms with van der Waals surface area (Å²) >= 11 is 0.